The van der Waals surface area contributed by atoms with E-state index in [1.165, 1.54) is 4.90 Å². The molecule has 3 aromatic carbocycles. The number of carbonyl (C=O) groups is 3. The van der Waals surface area contributed by atoms with Crippen LogP contribution >= 0.6 is 0 Å². The summed E-state index contributed by atoms with van der Waals surface area (Å²) in [5, 5.41) is 0. The molecule has 2 bridgehead atoms. The normalized spacial score (nSPS) is 25.0. The number of fused-ring (bicyclic) bond motifs is 5. The molecule has 2 saturated carbocycles. The van der Waals surface area contributed by atoms with E-state index in [0.717, 1.165) is 30.4 Å². The average molecular weight is 452 g/mol. The number of anilines is 1. The predicted octanol–water partition coefficient (Wildman–Crippen LogP) is 5.15. The molecule has 4 atom stereocenters. The summed E-state index contributed by atoms with van der Waals surface area (Å²) in [5.41, 5.74) is 3.12. The monoisotopic (exact) mass is 451 g/mol. The third kappa shape index (κ3) is 3.35. The number of ether oxygens (including phenoxy) is 1. The maximum absolute atomic E-state index is 13.2. The number of imide groups is 1. The Balaban J connectivity index is 1.18. The highest BCUT2D eigenvalue weighted by Crippen LogP contribution is 2.57. The summed E-state index contributed by atoms with van der Waals surface area (Å²) in [4.78, 5) is 40.6. The second-order valence-electron chi connectivity index (χ2n) is 9.52. The number of hydrogen-bond donors (Lipinski definition) is 0. The molecule has 170 valence electrons. The van der Waals surface area contributed by atoms with Gasteiger partial charge in [0, 0.05) is 5.56 Å². The van der Waals surface area contributed by atoms with E-state index in [2.05, 4.69) is 0 Å². The van der Waals surface area contributed by atoms with Gasteiger partial charge in [-0.25, -0.2) is 4.90 Å². The van der Waals surface area contributed by atoms with Crippen LogP contribution < -0.4 is 9.64 Å². The van der Waals surface area contributed by atoms with Crippen LogP contribution in [0.3, 0.4) is 0 Å². The SMILES string of the molecule is O=C(COc1ccccc1N1C(=O)[C@H]2[C@@H]3CC[C@@H](C3)[C@@H]2C1=O)c1ccc(-c2ccccc2)cc1. The van der Waals surface area contributed by atoms with E-state index in [-0.39, 0.29) is 36.0 Å². The minimum Gasteiger partial charge on any atom is -0.483 e. The van der Waals surface area contributed by atoms with E-state index in [4.69, 9.17) is 4.74 Å². The predicted molar refractivity (Wildman–Crippen MR) is 128 cm³/mol. The molecule has 5 heteroatoms. The van der Waals surface area contributed by atoms with Gasteiger partial charge in [0.2, 0.25) is 11.8 Å². The molecule has 3 aromatic rings. The van der Waals surface area contributed by atoms with E-state index in [1.54, 1.807) is 36.4 Å². The molecule has 3 aliphatic rings. The molecule has 6 rings (SSSR count). The number of ketones is 1. The number of amides is 2. The quantitative estimate of drug-likeness (QED) is 0.384. The molecule has 3 fully saturated rings. The zero-order chi connectivity index (χ0) is 23.2. The molecule has 2 amide bonds. The molecule has 1 aliphatic heterocycles. The van der Waals surface area contributed by atoms with Crippen LogP contribution in [0.2, 0.25) is 0 Å². The molecule has 0 radical (unpaired) electrons. The van der Waals surface area contributed by atoms with Crippen molar-refractivity contribution in [1.82, 2.24) is 0 Å². The van der Waals surface area contributed by atoms with Crippen molar-refractivity contribution < 1.29 is 19.1 Å². The Morgan fingerprint density at radius 3 is 2.03 bits per heavy atom. The summed E-state index contributed by atoms with van der Waals surface area (Å²) in [6.45, 7) is -0.171. The van der Waals surface area contributed by atoms with Gasteiger partial charge in [0.25, 0.3) is 0 Å². The Bertz CT molecular complexity index is 1240. The topological polar surface area (TPSA) is 63.7 Å². The largest absolute Gasteiger partial charge is 0.483 e. The van der Waals surface area contributed by atoms with Gasteiger partial charge >= 0.3 is 0 Å². The van der Waals surface area contributed by atoms with Gasteiger partial charge in [-0.2, -0.15) is 0 Å². The third-order valence-corrected chi connectivity index (χ3v) is 7.71. The first-order valence-electron chi connectivity index (χ1n) is 11.9. The lowest BCUT2D eigenvalue weighted by Gasteiger charge is -2.20. The Labute approximate surface area is 198 Å². The Kier molecular flexibility index (Phi) is 5.05. The number of benzene rings is 3. The second-order valence-corrected chi connectivity index (χ2v) is 9.52. The van der Waals surface area contributed by atoms with Crippen molar-refractivity contribution in [3.8, 4) is 16.9 Å². The van der Waals surface area contributed by atoms with Crippen LogP contribution in [-0.2, 0) is 9.59 Å². The van der Waals surface area contributed by atoms with Crippen LogP contribution in [0.25, 0.3) is 11.1 Å². The van der Waals surface area contributed by atoms with Gasteiger partial charge in [0.15, 0.2) is 12.4 Å². The van der Waals surface area contributed by atoms with Crippen molar-refractivity contribution in [3.63, 3.8) is 0 Å². The van der Waals surface area contributed by atoms with Crippen LogP contribution in [0.4, 0.5) is 5.69 Å². The summed E-state index contributed by atoms with van der Waals surface area (Å²) in [6, 6.07) is 24.4. The molecule has 0 spiro atoms. The number of hydrogen-bond acceptors (Lipinski definition) is 4. The zero-order valence-electron chi connectivity index (χ0n) is 18.7. The molecular formula is C29H25NO4. The van der Waals surface area contributed by atoms with E-state index < -0.39 is 0 Å². The molecule has 0 N–H and O–H groups in total. The maximum atomic E-state index is 13.2. The van der Waals surface area contributed by atoms with Crippen LogP contribution in [0.5, 0.6) is 5.75 Å². The van der Waals surface area contributed by atoms with Gasteiger partial charge in [-0.15, -0.1) is 0 Å². The number of para-hydroxylation sites is 2. The molecule has 34 heavy (non-hydrogen) atoms. The van der Waals surface area contributed by atoms with E-state index >= 15 is 0 Å². The zero-order valence-corrected chi connectivity index (χ0v) is 18.7. The lowest BCUT2D eigenvalue weighted by atomic mass is 9.81. The highest BCUT2D eigenvalue weighted by molar-refractivity contribution is 6.23. The molecule has 1 saturated heterocycles. The molecule has 1 heterocycles. The smallest absolute Gasteiger partial charge is 0.238 e. The van der Waals surface area contributed by atoms with Crippen LogP contribution in [0, 0.1) is 23.7 Å². The molecular weight excluding hydrogens is 426 g/mol. The Morgan fingerprint density at radius 1 is 0.765 bits per heavy atom. The third-order valence-electron chi connectivity index (χ3n) is 7.71. The van der Waals surface area contributed by atoms with Crippen LogP contribution in [-0.4, -0.2) is 24.2 Å². The molecule has 0 aromatic heterocycles. The molecule has 5 nitrogen and oxygen atoms in total. The number of carbonyl (C=O) groups excluding carboxylic acids is 3. The van der Waals surface area contributed by atoms with Crippen molar-refractivity contribution in [2.75, 3.05) is 11.5 Å². The molecule has 2 aliphatic carbocycles. The van der Waals surface area contributed by atoms with Crippen LogP contribution in [0.1, 0.15) is 29.6 Å². The maximum Gasteiger partial charge on any atom is 0.238 e. The summed E-state index contributed by atoms with van der Waals surface area (Å²) >= 11 is 0. The highest BCUT2D eigenvalue weighted by Gasteiger charge is 2.61. The number of nitrogens with zero attached hydrogens (tertiary/aromatic N) is 1. The van der Waals surface area contributed by atoms with E-state index in [1.807, 2.05) is 42.5 Å². The van der Waals surface area contributed by atoms with Gasteiger partial charge < -0.3 is 4.74 Å². The fraction of sp³-hybridized carbons (Fsp3) is 0.276. The average Bonchev–Trinajstić information content (AvgIpc) is 3.57. The fourth-order valence-corrected chi connectivity index (χ4v) is 6.12. The van der Waals surface area contributed by atoms with Gasteiger partial charge in [0.05, 0.1) is 17.5 Å². The van der Waals surface area contributed by atoms with Crippen molar-refractivity contribution in [2.24, 2.45) is 23.7 Å². The fourth-order valence-electron chi connectivity index (χ4n) is 6.12. The summed E-state index contributed by atoms with van der Waals surface area (Å²) < 4.78 is 5.87. The van der Waals surface area contributed by atoms with Crippen molar-refractivity contribution in [3.05, 3.63) is 84.4 Å². The Morgan fingerprint density at radius 2 is 1.35 bits per heavy atom. The summed E-state index contributed by atoms with van der Waals surface area (Å²) in [7, 11) is 0. The standard InChI is InChI=1S/C29H25NO4/c31-24(20-12-10-19(11-13-20)18-6-2-1-3-7-18)17-34-25-9-5-4-8-23(25)30-28(32)26-21-14-15-22(16-21)27(26)29(30)33/h1-13,21-22,26-27H,14-17H2/t21-,22+,26-,27-/m0/s1. The van der Waals surface area contributed by atoms with Crippen molar-refractivity contribution in [2.45, 2.75) is 19.3 Å². The second kappa shape index (κ2) is 8.24. The van der Waals surface area contributed by atoms with Gasteiger partial charge in [-0.1, -0.05) is 66.7 Å². The van der Waals surface area contributed by atoms with Crippen molar-refractivity contribution >= 4 is 23.3 Å². The van der Waals surface area contributed by atoms with Gasteiger partial charge in [0.1, 0.15) is 5.75 Å². The van der Waals surface area contributed by atoms with Gasteiger partial charge in [-0.05, 0) is 54.4 Å². The summed E-state index contributed by atoms with van der Waals surface area (Å²) in [6.07, 6.45) is 3.07. The number of rotatable bonds is 6. The van der Waals surface area contributed by atoms with Crippen LogP contribution in [0.15, 0.2) is 78.9 Å². The molecule has 0 unspecified atom stereocenters. The number of Topliss-reactive ketones (excluding diaryl/α,β-unsaturated/α-hetero) is 1. The lowest BCUT2D eigenvalue weighted by molar-refractivity contribution is -0.123. The minimum atomic E-state index is -0.191. The van der Waals surface area contributed by atoms with Gasteiger partial charge in [-0.3, -0.25) is 14.4 Å². The Hall–Kier alpha value is -3.73. The lowest BCUT2D eigenvalue weighted by Crippen LogP contribution is -2.33. The van der Waals surface area contributed by atoms with Crippen molar-refractivity contribution in [1.29, 1.82) is 0 Å². The first-order valence-corrected chi connectivity index (χ1v) is 11.9. The minimum absolute atomic E-state index is 0.110. The summed E-state index contributed by atoms with van der Waals surface area (Å²) in [5.74, 6) is 0.263. The highest BCUT2D eigenvalue weighted by atomic mass is 16.5. The van der Waals surface area contributed by atoms with E-state index in [0.29, 0.717) is 28.8 Å². The van der Waals surface area contributed by atoms with E-state index in [9.17, 15) is 14.4 Å². The first-order chi connectivity index (χ1) is 16.6. The first kappa shape index (κ1) is 20.8.